The number of allylic oxidation sites excluding steroid dienone is 1. The van der Waals surface area contributed by atoms with Crippen molar-refractivity contribution in [3.8, 4) is 28.3 Å². The molecule has 8 rings (SSSR count). The fraction of sp³-hybridized carbons (Fsp3) is 0.478. The van der Waals surface area contributed by atoms with Crippen molar-refractivity contribution in [2.75, 3.05) is 27.3 Å². The van der Waals surface area contributed by atoms with Crippen molar-refractivity contribution in [2.45, 2.75) is 104 Å². The third-order valence-corrected chi connectivity index (χ3v) is 12.5. The highest BCUT2D eigenvalue weighted by atomic mass is 16.5. The Morgan fingerprint density at radius 2 is 1.46 bits per heavy atom. The fourth-order valence-corrected chi connectivity index (χ4v) is 9.42. The Morgan fingerprint density at radius 3 is 2.10 bits per heavy atom. The van der Waals surface area contributed by atoms with Crippen molar-refractivity contribution in [3.63, 3.8) is 0 Å². The first-order valence-corrected chi connectivity index (χ1v) is 21.3. The van der Waals surface area contributed by atoms with Crippen molar-refractivity contribution >= 4 is 46.2 Å². The number of fused-ring (bicyclic) bond motifs is 5. The Balaban J connectivity index is 1.00. The second kappa shape index (κ2) is 16.4. The molecule has 4 amide bonds. The number of amides is 4. The Kier molecular flexibility index (Phi) is 11.2. The molecule has 322 valence electrons. The monoisotopic (exact) mass is 832 g/mol. The second-order valence-corrected chi connectivity index (χ2v) is 17.6. The van der Waals surface area contributed by atoms with Crippen molar-refractivity contribution in [1.29, 1.82) is 0 Å². The van der Waals surface area contributed by atoms with Gasteiger partial charge in [0, 0.05) is 47.9 Å². The second-order valence-electron chi connectivity index (χ2n) is 17.6. The molecule has 6 heterocycles. The molecular weight excluding hydrogens is 777 g/mol. The lowest BCUT2D eigenvalue weighted by molar-refractivity contribution is -0.135. The van der Waals surface area contributed by atoms with E-state index in [-0.39, 0.29) is 35.7 Å². The summed E-state index contributed by atoms with van der Waals surface area (Å²) in [4.78, 5) is 68.3. The van der Waals surface area contributed by atoms with Gasteiger partial charge in [-0.05, 0) is 92.8 Å². The van der Waals surface area contributed by atoms with Crippen LogP contribution in [-0.2, 0) is 24.8 Å². The third-order valence-electron chi connectivity index (χ3n) is 12.5. The molecule has 0 aliphatic carbocycles. The molecule has 3 N–H and O–H groups in total. The van der Waals surface area contributed by atoms with Gasteiger partial charge in [-0.1, -0.05) is 39.8 Å². The number of imidazole rings is 1. The summed E-state index contributed by atoms with van der Waals surface area (Å²) < 4.78 is 18.6. The van der Waals surface area contributed by atoms with E-state index < -0.39 is 30.0 Å². The lowest BCUT2D eigenvalue weighted by Crippen LogP contribution is -2.53. The van der Waals surface area contributed by atoms with Crippen LogP contribution in [0, 0.1) is 11.8 Å². The van der Waals surface area contributed by atoms with Crippen LogP contribution in [0.5, 0.6) is 5.75 Å². The van der Waals surface area contributed by atoms with Crippen LogP contribution >= 0.6 is 0 Å². The molecular formula is C46H56N8O7. The van der Waals surface area contributed by atoms with E-state index in [2.05, 4.69) is 76.5 Å². The molecule has 2 aromatic heterocycles. The number of hydrogen-bond donors (Lipinski definition) is 3. The topological polar surface area (TPSA) is 172 Å². The molecule has 15 nitrogen and oxygen atoms in total. The molecule has 2 aromatic carbocycles. The smallest absolute Gasteiger partial charge is 0.407 e. The van der Waals surface area contributed by atoms with Crippen LogP contribution in [-0.4, -0.2) is 99.5 Å². The first-order chi connectivity index (χ1) is 29.2. The summed E-state index contributed by atoms with van der Waals surface area (Å²) in [6.45, 7) is 13.0. The van der Waals surface area contributed by atoms with Gasteiger partial charge in [-0.15, -0.1) is 0 Å². The third kappa shape index (κ3) is 7.74. The Bertz CT molecular complexity index is 2440. The zero-order valence-corrected chi connectivity index (χ0v) is 36.2. The van der Waals surface area contributed by atoms with E-state index in [0.29, 0.717) is 25.3 Å². The van der Waals surface area contributed by atoms with Crippen LogP contribution in [0.1, 0.15) is 91.1 Å². The van der Waals surface area contributed by atoms with Crippen LogP contribution < -0.4 is 15.4 Å². The quantitative estimate of drug-likeness (QED) is 0.149. The van der Waals surface area contributed by atoms with Gasteiger partial charge in [0.05, 0.1) is 49.4 Å². The predicted molar refractivity (Wildman–Crippen MR) is 232 cm³/mol. The maximum atomic E-state index is 13.7. The van der Waals surface area contributed by atoms with Gasteiger partial charge in [0.25, 0.3) is 0 Å². The number of benzene rings is 2. The summed E-state index contributed by atoms with van der Waals surface area (Å²) in [5.74, 6) is 1.02. The summed E-state index contributed by atoms with van der Waals surface area (Å²) in [5.41, 5.74) is 7.22. The number of hydrogen-bond acceptors (Lipinski definition) is 9. The van der Waals surface area contributed by atoms with Crippen LogP contribution in [0.25, 0.3) is 39.0 Å². The molecule has 0 saturated carbocycles. The average Bonchev–Trinajstić information content (AvgIpc) is 4.09. The number of ether oxygens (including phenoxy) is 3. The first kappa shape index (κ1) is 41.6. The number of rotatable bonds is 10. The molecule has 4 aliphatic rings. The number of methoxy groups -OCH3 is 2. The molecule has 0 bridgehead atoms. The van der Waals surface area contributed by atoms with Gasteiger partial charge in [0.1, 0.15) is 23.7 Å². The van der Waals surface area contributed by atoms with Crippen molar-refractivity contribution in [3.05, 3.63) is 66.2 Å². The molecule has 61 heavy (non-hydrogen) atoms. The largest absolute Gasteiger partial charge is 0.467 e. The summed E-state index contributed by atoms with van der Waals surface area (Å²) in [6.07, 6.45) is 6.40. The molecule has 2 fully saturated rings. The van der Waals surface area contributed by atoms with Crippen LogP contribution in [0.4, 0.5) is 9.59 Å². The van der Waals surface area contributed by atoms with E-state index in [0.717, 1.165) is 81.7 Å². The number of nitrogens with zero attached hydrogens (tertiary/aromatic N) is 5. The lowest BCUT2D eigenvalue weighted by Gasteiger charge is -2.36. The van der Waals surface area contributed by atoms with Crippen LogP contribution in [0.2, 0.25) is 0 Å². The molecule has 4 aromatic rings. The number of aromatic nitrogens is 3. The number of nitrogens with one attached hydrogen (secondary N) is 3. The predicted octanol–water partition coefficient (Wildman–Crippen LogP) is 7.38. The SMILES string of the molecule is COC(=O)N[C@H](C(=O)N1CCC[C@H]1C1=NC=C(c2ccc3c(c2)OC(C)(C)n2c-3cc3cc(-c4cnc([C@@H]5CCCN5C(=O)[C@@H](NC(=O)OC)C(C)C)[nH]4)ccc32)C1)C(C)C. The maximum Gasteiger partial charge on any atom is 0.407 e. The molecule has 0 spiro atoms. The molecule has 0 unspecified atom stereocenters. The van der Waals surface area contributed by atoms with E-state index in [1.807, 2.05) is 49.9 Å². The van der Waals surface area contributed by atoms with Crippen LogP contribution in [0.15, 0.2) is 59.9 Å². The average molecular weight is 833 g/mol. The fourth-order valence-electron chi connectivity index (χ4n) is 9.42. The van der Waals surface area contributed by atoms with E-state index in [4.69, 9.17) is 24.2 Å². The van der Waals surface area contributed by atoms with Crippen molar-refractivity contribution in [1.82, 2.24) is 35.0 Å². The minimum Gasteiger partial charge on any atom is -0.467 e. The molecule has 4 aliphatic heterocycles. The molecule has 15 heteroatoms. The zero-order valence-electron chi connectivity index (χ0n) is 36.2. The van der Waals surface area contributed by atoms with Crippen molar-refractivity contribution < 1.29 is 33.4 Å². The number of likely N-dealkylation sites (tertiary alicyclic amines) is 2. The highest BCUT2D eigenvalue weighted by Gasteiger charge is 2.40. The van der Waals surface area contributed by atoms with Gasteiger partial charge < -0.3 is 44.2 Å². The van der Waals surface area contributed by atoms with Crippen LogP contribution in [0.3, 0.4) is 0 Å². The number of alkyl carbamates (subject to hydrolysis) is 2. The molecule has 2 saturated heterocycles. The Hall–Kier alpha value is -6.12. The minimum atomic E-state index is -0.702. The molecule has 0 radical (unpaired) electrons. The van der Waals surface area contributed by atoms with Gasteiger partial charge in [0.2, 0.25) is 11.8 Å². The van der Waals surface area contributed by atoms with Gasteiger partial charge in [-0.25, -0.2) is 14.6 Å². The zero-order chi connectivity index (χ0) is 43.3. The number of H-pyrrole nitrogens is 1. The highest BCUT2D eigenvalue weighted by Crippen LogP contribution is 2.46. The normalized spacial score (nSPS) is 20.2. The van der Waals surface area contributed by atoms with E-state index in [1.165, 1.54) is 14.2 Å². The van der Waals surface area contributed by atoms with Gasteiger partial charge in [-0.2, -0.15) is 0 Å². The number of aromatic amines is 1. The highest BCUT2D eigenvalue weighted by molar-refractivity contribution is 6.04. The summed E-state index contributed by atoms with van der Waals surface area (Å²) in [7, 11) is 2.59. The van der Waals surface area contributed by atoms with Gasteiger partial charge >= 0.3 is 12.2 Å². The lowest BCUT2D eigenvalue weighted by atomic mass is 9.95. The number of carbonyl (C=O) groups is 4. The Morgan fingerprint density at radius 1 is 0.836 bits per heavy atom. The summed E-state index contributed by atoms with van der Waals surface area (Å²) in [6, 6.07) is 13.1. The van der Waals surface area contributed by atoms with Gasteiger partial charge in [-0.3, -0.25) is 14.6 Å². The van der Waals surface area contributed by atoms with E-state index in [1.54, 1.807) is 0 Å². The minimum absolute atomic E-state index is 0.103. The van der Waals surface area contributed by atoms with E-state index in [9.17, 15) is 19.2 Å². The standard InChI is InChI=1S/C46H56N8O7/c1-25(2)39(50-44(57)59-7)42(55)52-17-9-11-35(52)32-20-30(23-47-32)27-13-15-31-37-21-29-19-28(14-16-34(29)54(37)46(5,6)61-38(31)22-27)33-24-48-41(49-33)36-12-10-18-53(36)43(56)40(26(3)4)51-45(58)60-8/h13-16,19,21-26,35-36,39-40H,9-12,17-18,20H2,1-8H3,(H,48,49)(H,50,57)(H,51,58)/t35-,36-,39-,40-/m0/s1. The van der Waals surface area contributed by atoms with Crippen molar-refractivity contribution in [2.24, 2.45) is 16.8 Å². The maximum absolute atomic E-state index is 13.7. The molecule has 4 atom stereocenters. The number of aliphatic imine (C=N–C) groups is 1. The van der Waals surface area contributed by atoms with E-state index >= 15 is 0 Å². The number of carbonyl (C=O) groups excluding carboxylic acids is 4. The first-order valence-electron chi connectivity index (χ1n) is 21.3. The Labute approximate surface area is 355 Å². The summed E-state index contributed by atoms with van der Waals surface area (Å²) in [5, 5.41) is 6.49. The summed E-state index contributed by atoms with van der Waals surface area (Å²) >= 11 is 0. The van der Waals surface area contributed by atoms with Gasteiger partial charge in [0.15, 0.2) is 5.72 Å².